The third-order valence-electron chi connectivity index (χ3n) is 13.8. The van der Waals surface area contributed by atoms with Crippen molar-refractivity contribution in [3.8, 4) is 0 Å². The Labute approximate surface area is 404 Å². The molecule has 0 radical (unpaired) electrons. The molecule has 0 bridgehead atoms. The number of nitrogens with one attached hydrogen (secondary N) is 1. The summed E-state index contributed by atoms with van der Waals surface area (Å²) in [4.78, 5) is 13.1. The Morgan fingerprint density at radius 3 is 1.27 bits per heavy atom. The highest BCUT2D eigenvalue weighted by Crippen LogP contribution is 2.23. The number of unbranched alkanes of at least 4 members (excludes halogenated alkanes) is 34. The molecule has 11 nitrogen and oxygen atoms in total. The average Bonchev–Trinajstić information content (AvgIpc) is 3.32. The monoisotopic (exact) mass is 942 g/mol. The van der Waals surface area contributed by atoms with Gasteiger partial charge in [0.1, 0.15) is 36.6 Å². The Kier molecular flexibility index (Phi) is 42.9. The highest BCUT2D eigenvalue weighted by molar-refractivity contribution is 5.80. The number of hydrogen-bond donors (Lipinski definition) is 8. The summed E-state index contributed by atoms with van der Waals surface area (Å²) >= 11 is 0. The van der Waals surface area contributed by atoms with Gasteiger partial charge in [0.2, 0.25) is 5.91 Å². The van der Waals surface area contributed by atoms with Crippen molar-refractivity contribution >= 4 is 5.91 Å². The number of aliphatic hydroxyl groups excluding tert-OH is 7. The molecule has 1 amide bonds. The van der Waals surface area contributed by atoms with Crippen LogP contribution >= 0.6 is 0 Å². The van der Waals surface area contributed by atoms with Gasteiger partial charge in [-0.1, -0.05) is 238 Å². The summed E-state index contributed by atoms with van der Waals surface area (Å²) in [5.41, 5.74) is 0. The number of hydrogen-bond acceptors (Lipinski definition) is 10. The lowest BCUT2D eigenvalue weighted by atomic mass is 9.98. The summed E-state index contributed by atoms with van der Waals surface area (Å²) in [6.07, 6.45) is 40.2. The Balaban J connectivity index is 2.18. The maximum Gasteiger partial charge on any atom is 0.249 e. The Bertz CT molecular complexity index is 1080. The third-order valence-corrected chi connectivity index (χ3v) is 13.8. The first kappa shape index (κ1) is 62.9. The van der Waals surface area contributed by atoms with Gasteiger partial charge in [0.15, 0.2) is 6.29 Å². The molecule has 0 aromatic heterocycles. The molecular weight excluding hydrogens is 835 g/mol. The topological polar surface area (TPSA) is 189 Å². The zero-order valence-corrected chi connectivity index (χ0v) is 42.7. The minimum atomic E-state index is -1.66. The number of amides is 1. The van der Waals surface area contributed by atoms with Crippen LogP contribution in [-0.2, 0) is 14.3 Å². The van der Waals surface area contributed by atoms with Crippen molar-refractivity contribution in [1.82, 2.24) is 5.32 Å². The molecule has 1 heterocycles. The van der Waals surface area contributed by atoms with Crippen LogP contribution in [0, 0.1) is 0 Å². The van der Waals surface area contributed by atoms with Crippen LogP contribution < -0.4 is 5.32 Å². The van der Waals surface area contributed by atoms with Gasteiger partial charge in [-0.25, -0.2) is 0 Å². The van der Waals surface area contributed by atoms with Crippen molar-refractivity contribution in [3.05, 3.63) is 12.2 Å². The Morgan fingerprint density at radius 1 is 0.515 bits per heavy atom. The lowest BCUT2D eigenvalue weighted by Crippen LogP contribution is -2.60. The molecule has 9 unspecified atom stereocenters. The predicted octanol–water partition coefficient (Wildman–Crippen LogP) is 11.2. The summed E-state index contributed by atoms with van der Waals surface area (Å²) in [6, 6.07) is -1.16. The second kappa shape index (κ2) is 45.0. The van der Waals surface area contributed by atoms with Gasteiger partial charge in [-0.05, 0) is 38.5 Å². The van der Waals surface area contributed by atoms with Crippen LogP contribution in [0.2, 0.25) is 0 Å². The number of carbonyl (C=O) groups is 1. The van der Waals surface area contributed by atoms with E-state index in [-0.39, 0.29) is 6.42 Å². The maximum atomic E-state index is 13.1. The second-order valence-electron chi connectivity index (χ2n) is 20.0. The first-order valence-corrected chi connectivity index (χ1v) is 28.1. The van der Waals surface area contributed by atoms with Crippen LogP contribution in [0.15, 0.2) is 12.2 Å². The van der Waals surface area contributed by atoms with Crippen molar-refractivity contribution in [1.29, 1.82) is 0 Å². The molecule has 1 rings (SSSR count). The van der Waals surface area contributed by atoms with E-state index in [0.29, 0.717) is 19.3 Å². The minimum Gasteiger partial charge on any atom is -0.394 e. The van der Waals surface area contributed by atoms with Crippen molar-refractivity contribution < 1.29 is 50.0 Å². The van der Waals surface area contributed by atoms with Gasteiger partial charge >= 0.3 is 0 Å². The van der Waals surface area contributed by atoms with Gasteiger partial charge in [-0.3, -0.25) is 4.79 Å². The van der Waals surface area contributed by atoms with Gasteiger partial charge in [-0.15, -0.1) is 0 Å². The van der Waals surface area contributed by atoms with Gasteiger partial charge in [-0.2, -0.15) is 0 Å². The van der Waals surface area contributed by atoms with Crippen LogP contribution in [-0.4, -0.2) is 110 Å². The van der Waals surface area contributed by atoms with Crippen molar-refractivity contribution in [2.45, 2.75) is 319 Å². The van der Waals surface area contributed by atoms with Gasteiger partial charge in [0, 0.05) is 0 Å². The van der Waals surface area contributed by atoms with E-state index >= 15 is 0 Å². The standard InChI is InChI=1S/C55H107NO10/c1-3-5-7-9-11-13-14-15-16-17-18-19-20-21-22-23-24-25-26-27-28-29-30-31-32-33-35-37-39-41-43-48(59)54(64)56-46(45-65-55-53(63)52(62)51(61)49(44-57)66-55)50(60)47(58)42-40-38-36-34-12-10-8-6-4-2/h21-22,46-53,55,57-63H,3-20,23-45H2,1-2H3,(H,56,64)/b22-21-. The molecular formula is C55H107NO10. The van der Waals surface area contributed by atoms with Gasteiger partial charge in [0.05, 0.1) is 25.4 Å². The van der Waals surface area contributed by atoms with E-state index in [2.05, 4.69) is 31.3 Å². The molecule has 0 aromatic carbocycles. The first-order valence-electron chi connectivity index (χ1n) is 28.1. The Hall–Kier alpha value is -1.15. The van der Waals surface area contributed by atoms with Crippen molar-refractivity contribution in [2.75, 3.05) is 13.2 Å². The van der Waals surface area contributed by atoms with E-state index in [1.54, 1.807) is 0 Å². The maximum absolute atomic E-state index is 13.1. The summed E-state index contributed by atoms with van der Waals surface area (Å²) in [5, 5.41) is 75.7. The molecule has 8 N–H and O–H groups in total. The van der Waals surface area contributed by atoms with E-state index in [1.165, 1.54) is 186 Å². The Morgan fingerprint density at radius 2 is 0.879 bits per heavy atom. The largest absolute Gasteiger partial charge is 0.394 e. The third kappa shape index (κ3) is 33.4. The first-order chi connectivity index (χ1) is 32.2. The number of rotatable bonds is 48. The lowest BCUT2D eigenvalue weighted by molar-refractivity contribution is -0.303. The van der Waals surface area contributed by atoms with E-state index in [0.717, 1.165) is 38.5 Å². The smallest absolute Gasteiger partial charge is 0.249 e. The summed E-state index contributed by atoms with van der Waals surface area (Å²) in [7, 11) is 0. The molecule has 392 valence electrons. The van der Waals surface area contributed by atoms with E-state index in [4.69, 9.17) is 9.47 Å². The average molecular weight is 942 g/mol. The quantitative estimate of drug-likeness (QED) is 0.0215. The van der Waals surface area contributed by atoms with Crippen LogP contribution in [0.4, 0.5) is 0 Å². The van der Waals surface area contributed by atoms with Crippen molar-refractivity contribution in [3.63, 3.8) is 0 Å². The fourth-order valence-corrected chi connectivity index (χ4v) is 9.20. The SMILES string of the molecule is CCCCCCCCCCCCCC/C=C\CCCCCCCCCCCCCCCCC(O)C(=O)NC(COC1OC(CO)C(O)C(O)C1O)C(O)C(O)CCCCCCCCCCC. The number of aliphatic hydroxyl groups is 7. The molecule has 1 aliphatic rings. The zero-order valence-electron chi connectivity index (χ0n) is 42.7. The molecule has 11 heteroatoms. The minimum absolute atomic E-state index is 0.263. The van der Waals surface area contributed by atoms with E-state index < -0.39 is 74.2 Å². The van der Waals surface area contributed by atoms with E-state index in [9.17, 15) is 40.5 Å². The summed E-state index contributed by atoms with van der Waals surface area (Å²) < 4.78 is 11.1. The van der Waals surface area contributed by atoms with Crippen LogP contribution in [0.5, 0.6) is 0 Å². The molecule has 1 saturated heterocycles. The molecule has 0 spiro atoms. The normalized spacial score (nSPS) is 20.8. The fraction of sp³-hybridized carbons (Fsp3) is 0.945. The molecule has 0 aliphatic carbocycles. The van der Waals surface area contributed by atoms with Gasteiger partial charge < -0.3 is 50.5 Å². The molecule has 0 aromatic rings. The molecule has 0 saturated carbocycles. The number of allylic oxidation sites excluding steroid dienone is 2. The van der Waals surface area contributed by atoms with Crippen LogP contribution in [0.3, 0.4) is 0 Å². The predicted molar refractivity (Wildman–Crippen MR) is 270 cm³/mol. The fourth-order valence-electron chi connectivity index (χ4n) is 9.20. The van der Waals surface area contributed by atoms with Crippen molar-refractivity contribution in [2.24, 2.45) is 0 Å². The summed E-state index contributed by atoms with van der Waals surface area (Å²) in [6.45, 7) is 3.43. The van der Waals surface area contributed by atoms with Gasteiger partial charge in [0.25, 0.3) is 0 Å². The van der Waals surface area contributed by atoms with E-state index in [1.807, 2.05) is 0 Å². The highest BCUT2D eigenvalue weighted by Gasteiger charge is 2.44. The number of ether oxygens (including phenoxy) is 2. The zero-order chi connectivity index (χ0) is 48.3. The molecule has 9 atom stereocenters. The number of carbonyl (C=O) groups excluding carboxylic acids is 1. The highest BCUT2D eigenvalue weighted by atomic mass is 16.7. The van der Waals surface area contributed by atoms with Crippen LogP contribution in [0.1, 0.15) is 264 Å². The molecule has 1 aliphatic heterocycles. The molecule has 1 fully saturated rings. The second-order valence-corrected chi connectivity index (χ2v) is 20.0. The summed E-state index contributed by atoms with van der Waals surface area (Å²) in [5.74, 6) is -0.695. The lowest BCUT2D eigenvalue weighted by Gasteiger charge is -2.40. The molecule has 66 heavy (non-hydrogen) atoms. The van der Waals surface area contributed by atoms with Crippen LogP contribution in [0.25, 0.3) is 0 Å².